The van der Waals surface area contributed by atoms with Crippen LogP contribution in [0.5, 0.6) is 0 Å². The summed E-state index contributed by atoms with van der Waals surface area (Å²) in [6.45, 7) is 2.63. The number of nitrogens with zero attached hydrogens (tertiary/aromatic N) is 2. The topological polar surface area (TPSA) is 60.9 Å². The Kier molecular flexibility index (Phi) is 4.36. The number of halogens is 1. The van der Waals surface area contributed by atoms with E-state index in [-0.39, 0.29) is 4.90 Å². The predicted octanol–water partition coefficient (Wildman–Crippen LogP) is 3.03. The number of aryl methyl sites for hydroxylation is 1. The Morgan fingerprint density at radius 3 is 2.78 bits per heavy atom. The third-order valence-corrected chi connectivity index (χ3v) is 4.28. The van der Waals surface area contributed by atoms with Gasteiger partial charge in [0.15, 0.2) is 0 Å². The third kappa shape index (κ3) is 3.38. The summed E-state index contributed by atoms with van der Waals surface area (Å²) in [5, 5.41) is 5.28. The fourth-order valence-electron chi connectivity index (χ4n) is 2.49. The number of nitrogens with two attached hydrogens (primary N) is 1. The summed E-state index contributed by atoms with van der Waals surface area (Å²) in [5.41, 5.74) is 2.64. The fraction of sp³-hybridized carbons (Fsp3) is 0.118. The zero-order chi connectivity index (χ0) is 16.4. The molecule has 3 aromatic rings. The van der Waals surface area contributed by atoms with Crippen molar-refractivity contribution >= 4 is 11.0 Å². The maximum absolute atomic E-state index is 14.3. The van der Waals surface area contributed by atoms with Gasteiger partial charge in [-0.15, -0.1) is 0 Å². The van der Waals surface area contributed by atoms with Crippen molar-refractivity contribution in [2.75, 3.05) is 0 Å². The van der Waals surface area contributed by atoms with Crippen LogP contribution < -0.4 is 5.14 Å². The average molecular weight is 329 g/mol. The van der Waals surface area contributed by atoms with E-state index in [1.165, 1.54) is 11.6 Å². The molecule has 1 unspecified atom stereocenters. The molecule has 2 aromatic carbocycles. The van der Waals surface area contributed by atoms with Crippen LogP contribution in [0.3, 0.4) is 0 Å². The van der Waals surface area contributed by atoms with Gasteiger partial charge in [0, 0.05) is 18.9 Å². The number of hydrogen-bond acceptors (Lipinski definition) is 2. The lowest BCUT2D eigenvalue weighted by Crippen LogP contribution is -2.05. The second-order valence-electron chi connectivity index (χ2n) is 5.31. The lowest BCUT2D eigenvalue weighted by molar-refractivity contribution is 0.622. The Morgan fingerprint density at radius 2 is 2.09 bits per heavy atom. The van der Waals surface area contributed by atoms with E-state index < -0.39 is 16.8 Å². The van der Waals surface area contributed by atoms with Gasteiger partial charge >= 0.3 is 0 Å². The standard InChI is InChI=1S/C17H16FN3OS/c1-12-3-2-4-13(9-12)11-21-8-7-20-17(21)15-6-5-14(23(19)22)10-16(15)18/h2-10H,11,19H2,1H3. The van der Waals surface area contributed by atoms with E-state index in [4.69, 9.17) is 5.14 Å². The van der Waals surface area contributed by atoms with Crippen molar-refractivity contribution in [3.63, 3.8) is 0 Å². The van der Waals surface area contributed by atoms with Crippen LogP contribution >= 0.6 is 0 Å². The molecule has 6 heteroatoms. The zero-order valence-electron chi connectivity index (χ0n) is 12.6. The molecule has 0 bridgehead atoms. The highest BCUT2D eigenvalue weighted by atomic mass is 32.2. The minimum atomic E-state index is -1.70. The molecule has 0 aliphatic carbocycles. The number of aromatic nitrogens is 2. The van der Waals surface area contributed by atoms with Gasteiger partial charge in [-0.05, 0) is 30.7 Å². The van der Waals surface area contributed by atoms with Crippen molar-refractivity contribution in [3.8, 4) is 11.4 Å². The molecular weight excluding hydrogens is 313 g/mol. The number of imidazole rings is 1. The van der Waals surface area contributed by atoms with Crippen LogP contribution in [0.1, 0.15) is 11.1 Å². The normalized spacial score (nSPS) is 12.3. The Hall–Kier alpha value is -2.31. The van der Waals surface area contributed by atoms with Crippen LogP contribution in [0.15, 0.2) is 59.8 Å². The van der Waals surface area contributed by atoms with Gasteiger partial charge in [-0.2, -0.15) is 0 Å². The molecule has 1 aromatic heterocycles. The van der Waals surface area contributed by atoms with E-state index in [1.54, 1.807) is 18.3 Å². The molecule has 0 spiro atoms. The Morgan fingerprint density at radius 1 is 1.26 bits per heavy atom. The minimum Gasteiger partial charge on any atom is -0.326 e. The highest BCUT2D eigenvalue weighted by Gasteiger charge is 2.13. The Labute approximate surface area is 136 Å². The molecular formula is C17H16FN3OS. The summed E-state index contributed by atoms with van der Waals surface area (Å²) in [7, 11) is -1.70. The first-order valence-corrected chi connectivity index (χ1v) is 8.28. The first kappa shape index (κ1) is 15.6. The van der Waals surface area contributed by atoms with Crippen LogP contribution in [-0.4, -0.2) is 13.8 Å². The SMILES string of the molecule is Cc1cccc(Cn2ccnc2-c2ccc(S(N)=O)cc2F)c1. The summed E-state index contributed by atoms with van der Waals surface area (Å²) in [6, 6.07) is 12.4. The molecule has 4 nitrogen and oxygen atoms in total. The van der Waals surface area contributed by atoms with Crippen molar-refractivity contribution < 1.29 is 8.60 Å². The summed E-state index contributed by atoms with van der Waals surface area (Å²) >= 11 is 0. The van der Waals surface area contributed by atoms with E-state index >= 15 is 0 Å². The number of hydrogen-bond donors (Lipinski definition) is 1. The van der Waals surface area contributed by atoms with E-state index in [2.05, 4.69) is 11.1 Å². The maximum Gasteiger partial charge on any atom is 0.143 e. The number of rotatable bonds is 4. The predicted molar refractivity (Wildman–Crippen MR) is 88.5 cm³/mol. The highest BCUT2D eigenvalue weighted by Crippen LogP contribution is 2.24. The van der Waals surface area contributed by atoms with Gasteiger partial charge in [0.2, 0.25) is 0 Å². The monoisotopic (exact) mass is 329 g/mol. The van der Waals surface area contributed by atoms with Crippen LogP contribution in [-0.2, 0) is 17.5 Å². The molecule has 0 aliphatic heterocycles. The number of benzene rings is 2. The van der Waals surface area contributed by atoms with Crippen LogP contribution in [0.4, 0.5) is 4.39 Å². The molecule has 0 saturated carbocycles. The van der Waals surface area contributed by atoms with Crippen LogP contribution in [0.2, 0.25) is 0 Å². The van der Waals surface area contributed by atoms with Gasteiger partial charge in [0.05, 0.1) is 10.5 Å². The lowest BCUT2D eigenvalue weighted by Gasteiger charge is -2.10. The zero-order valence-corrected chi connectivity index (χ0v) is 13.4. The van der Waals surface area contributed by atoms with E-state index in [9.17, 15) is 8.60 Å². The van der Waals surface area contributed by atoms with Crippen molar-refractivity contribution in [1.82, 2.24) is 9.55 Å². The second-order valence-corrected chi connectivity index (χ2v) is 6.37. The minimum absolute atomic E-state index is 0.253. The molecule has 0 aliphatic rings. The quantitative estimate of drug-likeness (QED) is 0.800. The molecule has 1 atom stereocenters. The van der Waals surface area contributed by atoms with Crippen LogP contribution in [0.25, 0.3) is 11.4 Å². The van der Waals surface area contributed by atoms with Gasteiger partial charge in [-0.3, -0.25) is 0 Å². The Balaban J connectivity index is 1.96. The molecule has 2 N–H and O–H groups in total. The largest absolute Gasteiger partial charge is 0.326 e. The Bertz CT molecular complexity index is 876. The molecule has 0 amide bonds. The van der Waals surface area contributed by atoms with Crippen molar-refractivity contribution in [1.29, 1.82) is 0 Å². The molecule has 118 valence electrons. The van der Waals surface area contributed by atoms with Gasteiger partial charge in [-0.25, -0.2) is 18.7 Å². The summed E-state index contributed by atoms with van der Waals surface area (Å²) in [4.78, 5) is 4.51. The fourth-order valence-corrected chi connectivity index (χ4v) is 2.91. The molecule has 0 radical (unpaired) electrons. The van der Waals surface area contributed by atoms with Gasteiger partial charge in [0.25, 0.3) is 0 Å². The smallest absolute Gasteiger partial charge is 0.143 e. The third-order valence-electron chi connectivity index (χ3n) is 3.56. The second kappa shape index (κ2) is 6.44. The van der Waals surface area contributed by atoms with Gasteiger partial charge < -0.3 is 4.57 Å². The first-order valence-electron chi connectivity index (χ1n) is 7.07. The van der Waals surface area contributed by atoms with E-state index in [0.29, 0.717) is 17.9 Å². The first-order chi connectivity index (χ1) is 11.0. The van der Waals surface area contributed by atoms with Crippen molar-refractivity contribution in [2.24, 2.45) is 5.14 Å². The molecule has 3 rings (SSSR count). The molecule has 1 heterocycles. The maximum atomic E-state index is 14.3. The molecule has 0 fully saturated rings. The van der Waals surface area contributed by atoms with Gasteiger partial charge in [-0.1, -0.05) is 29.8 Å². The van der Waals surface area contributed by atoms with Crippen molar-refractivity contribution in [3.05, 3.63) is 71.8 Å². The highest BCUT2D eigenvalue weighted by molar-refractivity contribution is 7.82. The summed E-state index contributed by atoms with van der Waals surface area (Å²) in [6.07, 6.45) is 3.45. The molecule has 23 heavy (non-hydrogen) atoms. The average Bonchev–Trinajstić information content (AvgIpc) is 2.95. The molecule has 0 saturated heterocycles. The summed E-state index contributed by atoms with van der Waals surface area (Å²) < 4.78 is 27.4. The lowest BCUT2D eigenvalue weighted by atomic mass is 10.1. The van der Waals surface area contributed by atoms with E-state index in [0.717, 1.165) is 5.56 Å². The van der Waals surface area contributed by atoms with Crippen LogP contribution in [0, 0.1) is 12.7 Å². The van der Waals surface area contributed by atoms with Crippen molar-refractivity contribution in [2.45, 2.75) is 18.4 Å². The summed E-state index contributed by atoms with van der Waals surface area (Å²) in [5.74, 6) is 0.0383. The van der Waals surface area contributed by atoms with E-state index in [1.807, 2.05) is 35.9 Å². The van der Waals surface area contributed by atoms with Gasteiger partial charge in [0.1, 0.15) is 22.6 Å².